The molecule has 3 N–H and O–H groups in total. The second-order valence-electron chi connectivity index (χ2n) is 8.05. The number of anilines is 1. The summed E-state index contributed by atoms with van der Waals surface area (Å²) in [6, 6.07) is 15.8. The number of carbonyl (C=O) groups is 2. The minimum atomic E-state index is -0.474. The second-order valence-corrected chi connectivity index (χ2v) is 9.00. The largest absolute Gasteiger partial charge is 0.507 e. The number of carbonyl (C=O) groups excluding carboxylic acids is 2. The highest BCUT2D eigenvalue weighted by molar-refractivity contribution is 7.12. The van der Waals surface area contributed by atoms with Crippen LogP contribution in [0.25, 0.3) is 11.3 Å². The number of amides is 2. The highest BCUT2D eigenvalue weighted by Crippen LogP contribution is 2.42. The van der Waals surface area contributed by atoms with E-state index >= 15 is 0 Å². The lowest BCUT2D eigenvalue weighted by Gasteiger charge is -2.09. The Kier molecular flexibility index (Phi) is 5.85. The number of phenols is 1. The quantitative estimate of drug-likeness (QED) is 0.327. The molecule has 0 unspecified atom stereocenters. The number of aromatic hydroxyl groups is 1. The summed E-state index contributed by atoms with van der Waals surface area (Å²) in [6.45, 7) is 0.0281. The van der Waals surface area contributed by atoms with Gasteiger partial charge in [-0.2, -0.15) is 9.78 Å². The van der Waals surface area contributed by atoms with Crippen LogP contribution >= 0.6 is 11.3 Å². The maximum absolute atomic E-state index is 13.9. The van der Waals surface area contributed by atoms with Crippen LogP contribution < -0.4 is 10.6 Å². The van der Waals surface area contributed by atoms with Gasteiger partial charge in [-0.25, -0.2) is 9.18 Å². The van der Waals surface area contributed by atoms with E-state index in [4.69, 9.17) is 0 Å². The summed E-state index contributed by atoms with van der Waals surface area (Å²) in [7, 11) is 0. The second kappa shape index (κ2) is 9.11. The van der Waals surface area contributed by atoms with Crippen LogP contribution in [0.15, 0.2) is 66.0 Å². The van der Waals surface area contributed by atoms with Gasteiger partial charge in [-0.05, 0) is 54.6 Å². The third-order valence-electron chi connectivity index (χ3n) is 5.59. The summed E-state index contributed by atoms with van der Waals surface area (Å²) in [5.74, 6) is -0.460. The first-order chi connectivity index (χ1) is 16.5. The van der Waals surface area contributed by atoms with E-state index in [1.165, 1.54) is 28.2 Å². The van der Waals surface area contributed by atoms with E-state index in [9.17, 15) is 19.1 Å². The smallest absolute Gasteiger partial charge is 0.342 e. The average molecular weight is 477 g/mol. The van der Waals surface area contributed by atoms with Gasteiger partial charge in [0.1, 0.15) is 11.6 Å². The molecule has 2 heterocycles. The first-order valence-electron chi connectivity index (χ1n) is 10.8. The van der Waals surface area contributed by atoms with Gasteiger partial charge in [0, 0.05) is 29.3 Å². The number of phenolic OH excluding ortho intramolecular Hbond substituents is 1. The van der Waals surface area contributed by atoms with E-state index in [2.05, 4.69) is 15.7 Å². The number of benzene rings is 2. The Labute approximate surface area is 198 Å². The molecule has 5 rings (SSSR count). The summed E-state index contributed by atoms with van der Waals surface area (Å²) in [5.41, 5.74) is 2.41. The monoisotopic (exact) mass is 476 g/mol. The SMILES string of the molecule is O=C(Nc1ccc(O)c(-c2cc(C3CC3)n(C(=O)NCc3ccccc3F)n2)c1)c1cccs1. The minimum Gasteiger partial charge on any atom is -0.507 e. The summed E-state index contributed by atoms with van der Waals surface area (Å²) in [5, 5.41) is 22.3. The van der Waals surface area contributed by atoms with Crippen molar-refractivity contribution < 1.29 is 19.1 Å². The third-order valence-corrected chi connectivity index (χ3v) is 6.46. The number of rotatable bonds is 6. The fraction of sp³-hybridized carbons (Fsp3) is 0.160. The number of halogens is 1. The highest BCUT2D eigenvalue weighted by Gasteiger charge is 2.31. The van der Waals surface area contributed by atoms with Crippen molar-refractivity contribution in [2.75, 3.05) is 5.32 Å². The number of nitrogens with zero attached hydrogens (tertiary/aromatic N) is 2. The molecule has 0 spiro atoms. The lowest BCUT2D eigenvalue weighted by molar-refractivity contribution is 0.103. The van der Waals surface area contributed by atoms with Gasteiger partial charge in [-0.1, -0.05) is 24.3 Å². The molecule has 1 saturated carbocycles. The average Bonchev–Trinajstić information content (AvgIpc) is 3.34. The van der Waals surface area contributed by atoms with Crippen molar-refractivity contribution in [1.82, 2.24) is 15.1 Å². The van der Waals surface area contributed by atoms with Crippen LogP contribution in [0.5, 0.6) is 5.75 Å². The molecule has 2 amide bonds. The topological polar surface area (TPSA) is 96.2 Å². The van der Waals surface area contributed by atoms with Crippen LogP contribution in [-0.2, 0) is 6.54 Å². The van der Waals surface area contributed by atoms with Crippen LogP contribution in [-0.4, -0.2) is 26.8 Å². The molecular weight excluding hydrogens is 455 g/mol. The summed E-state index contributed by atoms with van der Waals surface area (Å²) < 4.78 is 15.2. The van der Waals surface area contributed by atoms with Crippen LogP contribution in [0, 0.1) is 5.82 Å². The van der Waals surface area contributed by atoms with Crippen molar-refractivity contribution >= 4 is 29.0 Å². The molecule has 2 aromatic carbocycles. The summed E-state index contributed by atoms with van der Waals surface area (Å²) in [6.07, 6.45) is 1.88. The number of hydrogen-bond acceptors (Lipinski definition) is 5. The minimum absolute atomic E-state index is 0.0205. The lowest BCUT2D eigenvalue weighted by atomic mass is 10.1. The van der Waals surface area contributed by atoms with Gasteiger partial charge < -0.3 is 15.7 Å². The molecule has 1 aliphatic carbocycles. The molecule has 0 radical (unpaired) electrons. The molecule has 4 aromatic rings. The van der Waals surface area contributed by atoms with E-state index < -0.39 is 11.8 Å². The Bertz CT molecular complexity index is 1360. The predicted molar refractivity (Wildman–Crippen MR) is 128 cm³/mol. The number of nitrogens with one attached hydrogen (secondary N) is 2. The van der Waals surface area contributed by atoms with Gasteiger partial charge in [-0.3, -0.25) is 4.79 Å². The highest BCUT2D eigenvalue weighted by atomic mass is 32.1. The number of aromatic nitrogens is 2. The van der Waals surface area contributed by atoms with E-state index in [0.29, 0.717) is 27.4 Å². The zero-order chi connectivity index (χ0) is 23.7. The summed E-state index contributed by atoms with van der Waals surface area (Å²) in [4.78, 5) is 25.9. The molecule has 2 aromatic heterocycles. The zero-order valence-electron chi connectivity index (χ0n) is 18.0. The van der Waals surface area contributed by atoms with Crippen molar-refractivity contribution in [2.45, 2.75) is 25.3 Å². The van der Waals surface area contributed by atoms with Crippen LogP contribution in [0.2, 0.25) is 0 Å². The van der Waals surface area contributed by atoms with E-state index in [-0.39, 0.29) is 24.1 Å². The van der Waals surface area contributed by atoms with Crippen molar-refractivity contribution in [2.24, 2.45) is 0 Å². The predicted octanol–water partition coefficient (Wildman–Crippen LogP) is 5.34. The van der Waals surface area contributed by atoms with Crippen LogP contribution in [0.1, 0.15) is 39.7 Å². The fourth-order valence-corrected chi connectivity index (χ4v) is 4.29. The lowest BCUT2D eigenvalue weighted by Crippen LogP contribution is -2.30. The van der Waals surface area contributed by atoms with Gasteiger partial charge in [0.2, 0.25) is 0 Å². The van der Waals surface area contributed by atoms with Gasteiger partial charge >= 0.3 is 6.03 Å². The normalized spacial score (nSPS) is 13.0. The van der Waals surface area contributed by atoms with Crippen molar-refractivity contribution in [3.05, 3.63) is 88.0 Å². The van der Waals surface area contributed by atoms with E-state index in [1.807, 2.05) is 5.38 Å². The Hall–Kier alpha value is -3.98. The molecule has 34 heavy (non-hydrogen) atoms. The first kappa shape index (κ1) is 21.8. The molecule has 1 fully saturated rings. The molecule has 9 heteroatoms. The van der Waals surface area contributed by atoms with Gasteiger partial charge in [0.25, 0.3) is 5.91 Å². The van der Waals surface area contributed by atoms with Gasteiger partial charge in [0.15, 0.2) is 0 Å². The van der Waals surface area contributed by atoms with Crippen molar-refractivity contribution in [1.29, 1.82) is 0 Å². The Morgan fingerprint density at radius 2 is 1.94 bits per heavy atom. The maximum atomic E-state index is 13.9. The molecule has 0 aliphatic heterocycles. The van der Waals surface area contributed by atoms with Crippen molar-refractivity contribution in [3.63, 3.8) is 0 Å². The standard InChI is InChI=1S/C25H21FN4O3S/c26-19-5-2-1-4-16(19)14-27-25(33)30-21(15-7-8-15)13-20(29-30)18-12-17(9-10-22(18)31)28-24(32)23-6-3-11-34-23/h1-6,9-13,15,31H,7-8,14H2,(H,27,33)(H,28,32). The third kappa shape index (κ3) is 4.55. The molecule has 0 saturated heterocycles. The van der Waals surface area contributed by atoms with Crippen molar-refractivity contribution in [3.8, 4) is 17.0 Å². The fourth-order valence-electron chi connectivity index (χ4n) is 3.67. The molecular formula is C25H21FN4O3S. The molecule has 0 atom stereocenters. The van der Waals surface area contributed by atoms with E-state index in [1.54, 1.807) is 48.5 Å². The van der Waals surface area contributed by atoms with Crippen LogP contribution in [0.3, 0.4) is 0 Å². The Morgan fingerprint density at radius 1 is 1.12 bits per heavy atom. The Morgan fingerprint density at radius 3 is 2.68 bits per heavy atom. The molecule has 7 nitrogen and oxygen atoms in total. The molecule has 172 valence electrons. The number of thiophene rings is 1. The maximum Gasteiger partial charge on any atom is 0.342 e. The van der Waals surface area contributed by atoms with E-state index in [0.717, 1.165) is 18.5 Å². The Balaban J connectivity index is 1.40. The summed E-state index contributed by atoms with van der Waals surface area (Å²) >= 11 is 1.33. The zero-order valence-corrected chi connectivity index (χ0v) is 18.8. The van der Waals surface area contributed by atoms with Gasteiger partial charge in [0.05, 0.1) is 16.3 Å². The first-order valence-corrected chi connectivity index (χ1v) is 11.7. The molecule has 1 aliphatic rings. The van der Waals surface area contributed by atoms with Crippen LogP contribution in [0.4, 0.5) is 14.9 Å². The van der Waals surface area contributed by atoms with Gasteiger partial charge in [-0.15, -0.1) is 11.3 Å². The molecule has 0 bridgehead atoms. The number of hydrogen-bond donors (Lipinski definition) is 3.